The lowest BCUT2D eigenvalue weighted by molar-refractivity contribution is 0.401. The lowest BCUT2D eigenvalue weighted by Gasteiger charge is -2.19. The van der Waals surface area contributed by atoms with Crippen LogP contribution in [0.3, 0.4) is 0 Å². The summed E-state index contributed by atoms with van der Waals surface area (Å²) >= 11 is 0. The zero-order chi connectivity index (χ0) is 9.47. The SMILES string of the molecule is CCc1nc(C(C)(N)C2CC2)n[nH]1. The van der Waals surface area contributed by atoms with Crippen LogP contribution in [0, 0.1) is 5.92 Å². The highest BCUT2D eigenvalue weighted by molar-refractivity contribution is 5.09. The van der Waals surface area contributed by atoms with Gasteiger partial charge in [0.15, 0.2) is 5.82 Å². The zero-order valence-electron chi connectivity index (χ0n) is 8.17. The number of nitrogens with zero attached hydrogens (tertiary/aromatic N) is 2. The van der Waals surface area contributed by atoms with E-state index in [-0.39, 0.29) is 5.54 Å². The standard InChI is InChI=1S/C9H16N4/c1-3-7-11-8(13-12-7)9(2,10)6-4-5-6/h6H,3-5,10H2,1-2H3,(H,11,12,13). The van der Waals surface area contributed by atoms with Crippen molar-refractivity contribution in [1.29, 1.82) is 0 Å². The average Bonchev–Trinajstić information content (AvgIpc) is 2.84. The molecular formula is C9H16N4. The van der Waals surface area contributed by atoms with Gasteiger partial charge in [0.1, 0.15) is 5.82 Å². The fourth-order valence-corrected chi connectivity index (χ4v) is 1.56. The Morgan fingerprint density at radius 1 is 1.62 bits per heavy atom. The number of aromatic nitrogens is 3. The highest BCUT2D eigenvalue weighted by Crippen LogP contribution is 2.42. The molecule has 1 aliphatic carbocycles. The smallest absolute Gasteiger partial charge is 0.170 e. The van der Waals surface area contributed by atoms with Gasteiger partial charge in [-0.1, -0.05) is 6.92 Å². The highest BCUT2D eigenvalue weighted by Gasteiger charge is 2.42. The summed E-state index contributed by atoms with van der Waals surface area (Å²) in [5.74, 6) is 2.27. The Labute approximate surface area is 77.9 Å². The lowest BCUT2D eigenvalue weighted by Crippen LogP contribution is -2.36. The van der Waals surface area contributed by atoms with Gasteiger partial charge in [-0.05, 0) is 25.7 Å². The van der Waals surface area contributed by atoms with Crippen molar-refractivity contribution in [3.05, 3.63) is 11.6 Å². The van der Waals surface area contributed by atoms with Crippen molar-refractivity contribution in [3.63, 3.8) is 0 Å². The van der Waals surface area contributed by atoms with Crippen LogP contribution in [-0.4, -0.2) is 15.2 Å². The molecule has 1 unspecified atom stereocenters. The normalized spacial score (nSPS) is 21.5. The minimum absolute atomic E-state index is 0.329. The first-order chi connectivity index (χ1) is 6.14. The van der Waals surface area contributed by atoms with E-state index >= 15 is 0 Å². The maximum atomic E-state index is 6.17. The van der Waals surface area contributed by atoms with Crippen molar-refractivity contribution < 1.29 is 0 Å². The number of aryl methyl sites for hydroxylation is 1. The summed E-state index contributed by atoms with van der Waals surface area (Å²) in [7, 11) is 0. The summed E-state index contributed by atoms with van der Waals surface area (Å²) in [4.78, 5) is 4.37. The van der Waals surface area contributed by atoms with Crippen molar-refractivity contribution in [2.24, 2.45) is 11.7 Å². The molecule has 1 saturated carbocycles. The van der Waals surface area contributed by atoms with E-state index in [1.165, 1.54) is 12.8 Å². The molecule has 0 radical (unpaired) electrons. The second kappa shape index (κ2) is 2.80. The number of hydrogen-bond donors (Lipinski definition) is 2. The van der Waals surface area contributed by atoms with Gasteiger partial charge in [-0.15, -0.1) is 0 Å². The number of rotatable bonds is 3. The largest absolute Gasteiger partial charge is 0.319 e. The average molecular weight is 180 g/mol. The van der Waals surface area contributed by atoms with Crippen LogP contribution in [0.5, 0.6) is 0 Å². The maximum Gasteiger partial charge on any atom is 0.170 e. The second-order valence-corrected chi connectivity index (χ2v) is 4.02. The Morgan fingerprint density at radius 3 is 2.77 bits per heavy atom. The van der Waals surface area contributed by atoms with Gasteiger partial charge in [0.05, 0.1) is 5.54 Å². The Kier molecular flexibility index (Phi) is 1.87. The van der Waals surface area contributed by atoms with E-state index < -0.39 is 0 Å². The number of nitrogens with one attached hydrogen (secondary N) is 1. The third kappa shape index (κ3) is 1.46. The van der Waals surface area contributed by atoms with Crippen LogP contribution < -0.4 is 5.73 Å². The van der Waals surface area contributed by atoms with Crippen molar-refractivity contribution in [2.75, 3.05) is 0 Å². The molecule has 0 bridgehead atoms. The summed E-state index contributed by atoms with van der Waals surface area (Å²) < 4.78 is 0. The maximum absolute atomic E-state index is 6.17. The van der Waals surface area contributed by atoms with Crippen molar-refractivity contribution >= 4 is 0 Å². The van der Waals surface area contributed by atoms with Gasteiger partial charge in [-0.2, -0.15) is 5.10 Å². The predicted molar refractivity (Wildman–Crippen MR) is 50.0 cm³/mol. The minimum Gasteiger partial charge on any atom is -0.319 e. The van der Waals surface area contributed by atoms with Crippen LogP contribution in [0.25, 0.3) is 0 Å². The molecule has 3 N–H and O–H groups in total. The van der Waals surface area contributed by atoms with Gasteiger partial charge in [-0.3, -0.25) is 5.10 Å². The third-order valence-electron chi connectivity index (χ3n) is 2.77. The van der Waals surface area contributed by atoms with Gasteiger partial charge in [0.2, 0.25) is 0 Å². The molecule has 1 heterocycles. The topological polar surface area (TPSA) is 67.6 Å². The quantitative estimate of drug-likeness (QED) is 0.727. The first-order valence-corrected chi connectivity index (χ1v) is 4.85. The van der Waals surface area contributed by atoms with E-state index in [2.05, 4.69) is 22.1 Å². The van der Waals surface area contributed by atoms with Crippen molar-refractivity contribution in [1.82, 2.24) is 15.2 Å². The molecule has 2 rings (SSSR count). The second-order valence-electron chi connectivity index (χ2n) is 4.02. The molecule has 0 amide bonds. The summed E-state index contributed by atoms with van der Waals surface area (Å²) in [5, 5.41) is 7.06. The summed E-state index contributed by atoms with van der Waals surface area (Å²) in [6.07, 6.45) is 3.31. The van der Waals surface area contributed by atoms with E-state index in [0.29, 0.717) is 5.92 Å². The van der Waals surface area contributed by atoms with Crippen LogP contribution in [0.2, 0.25) is 0 Å². The number of H-pyrrole nitrogens is 1. The minimum atomic E-state index is -0.329. The van der Waals surface area contributed by atoms with Gasteiger partial charge >= 0.3 is 0 Å². The molecular weight excluding hydrogens is 164 g/mol. The Morgan fingerprint density at radius 2 is 2.31 bits per heavy atom. The van der Waals surface area contributed by atoms with E-state index in [4.69, 9.17) is 5.73 Å². The van der Waals surface area contributed by atoms with Gasteiger partial charge in [0, 0.05) is 6.42 Å². The summed E-state index contributed by atoms with van der Waals surface area (Å²) in [6, 6.07) is 0. The molecule has 4 heteroatoms. The van der Waals surface area contributed by atoms with E-state index in [0.717, 1.165) is 18.1 Å². The molecule has 1 aromatic rings. The van der Waals surface area contributed by atoms with Crippen LogP contribution >= 0.6 is 0 Å². The highest BCUT2D eigenvalue weighted by atomic mass is 15.2. The molecule has 1 aliphatic rings. The van der Waals surface area contributed by atoms with Gasteiger partial charge in [-0.25, -0.2) is 4.98 Å². The third-order valence-corrected chi connectivity index (χ3v) is 2.77. The van der Waals surface area contributed by atoms with E-state index in [1.54, 1.807) is 0 Å². The molecule has 1 fully saturated rings. The van der Waals surface area contributed by atoms with Crippen LogP contribution in [-0.2, 0) is 12.0 Å². The Hall–Kier alpha value is -0.900. The number of aromatic amines is 1. The molecule has 13 heavy (non-hydrogen) atoms. The molecule has 0 aliphatic heterocycles. The van der Waals surface area contributed by atoms with Crippen molar-refractivity contribution in [2.45, 2.75) is 38.6 Å². The Bertz CT molecular complexity index is 298. The Balaban J connectivity index is 2.22. The molecule has 0 spiro atoms. The van der Waals surface area contributed by atoms with Gasteiger partial charge < -0.3 is 5.73 Å². The number of nitrogens with two attached hydrogens (primary N) is 1. The zero-order valence-corrected chi connectivity index (χ0v) is 8.17. The molecule has 0 saturated heterocycles. The summed E-state index contributed by atoms with van der Waals surface area (Å²) in [6.45, 7) is 4.07. The summed E-state index contributed by atoms with van der Waals surface area (Å²) in [5.41, 5.74) is 5.84. The molecule has 4 nitrogen and oxygen atoms in total. The van der Waals surface area contributed by atoms with E-state index in [9.17, 15) is 0 Å². The number of hydrogen-bond acceptors (Lipinski definition) is 3. The lowest BCUT2D eigenvalue weighted by atomic mass is 9.97. The first-order valence-electron chi connectivity index (χ1n) is 4.85. The monoisotopic (exact) mass is 180 g/mol. The molecule has 1 aromatic heterocycles. The fourth-order valence-electron chi connectivity index (χ4n) is 1.56. The van der Waals surface area contributed by atoms with Gasteiger partial charge in [0.25, 0.3) is 0 Å². The van der Waals surface area contributed by atoms with E-state index in [1.807, 2.05) is 6.92 Å². The predicted octanol–water partition coefficient (Wildman–Crippen LogP) is 0.951. The first kappa shape index (κ1) is 8.69. The fraction of sp³-hybridized carbons (Fsp3) is 0.778. The molecule has 0 aromatic carbocycles. The molecule has 72 valence electrons. The van der Waals surface area contributed by atoms with Crippen LogP contribution in [0.15, 0.2) is 0 Å². The molecule has 1 atom stereocenters. The van der Waals surface area contributed by atoms with Crippen LogP contribution in [0.4, 0.5) is 0 Å². The van der Waals surface area contributed by atoms with Crippen LogP contribution in [0.1, 0.15) is 38.3 Å². The van der Waals surface area contributed by atoms with Crippen molar-refractivity contribution in [3.8, 4) is 0 Å².